The number of likely N-dealkylation sites (tertiary alicyclic amines) is 1. The SMILES string of the molecule is CC(C)(C)OC(=O)N1CCCC1CNCc1cc(Cl)ccc1Br. The summed E-state index contributed by atoms with van der Waals surface area (Å²) in [5.74, 6) is 0. The molecule has 0 saturated carbocycles. The van der Waals surface area contributed by atoms with Crippen LogP contribution in [-0.4, -0.2) is 35.7 Å². The molecule has 1 aromatic carbocycles. The van der Waals surface area contributed by atoms with Gasteiger partial charge in [-0.25, -0.2) is 4.79 Å². The summed E-state index contributed by atoms with van der Waals surface area (Å²) < 4.78 is 6.52. The predicted octanol–water partition coefficient (Wildman–Crippen LogP) is 4.59. The Hall–Kier alpha value is -0.780. The molecule has 0 aliphatic carbocycles. The third kappa shape index (κ3) is 5.66. The van der Waals surface area contributed by atoms with E-state index >= 15 is 0 Å². The third-order valence-corrected chi connectivity index (χ3v) is 4.72. The first kappa shape index (κ1) is 18.6. The van der Waals surface area contributed by atoms with E-state index in [2.05, 4.69) is 21.2 Å². The number of halogens is 2. The second-order valence-corrected chi connectivity index (χ2v) is 8.13. The summed E-state index contributed by atoms with van der Waals surface area (Å²) >= 11 is 9.56. The van der Waals surface area contributed by atoms with Gasteiger partial charge in [-0.2, -0.15) is 0 Å². The van der Waals surface area contributed by atoms with Crippen molar-refractivity contribution in [3.63, 3.8) is 0 Å². The minimum Gasteiger partial charge on any atom is -0.444 e. The number of rotatable bonds is 4. The van der Waals surface area contributed by atoms with Gasteiger partial charge in [0.2, 0.25) is 0 Å². The van der Waals surface area contributed by atoms with Gasteiger partial charge < -0.3 is 15.0 Å². The molecule has 128 valence electrons. The van der Waals surface area contributed by atoms with E-state index in [9.17, 15) is 4.79 Å². The molecule has 1 amide bonds. The Balaban J connectivity index is 1.87. The van der Waals surface area contributed by atoms with E-state index in [1.54, 1.807) is 0 Å². The average Bonchev–Trinajstić information content (AvgIpc) is 2.89. The van der Waals surface area contributed by atoms with Crippen molar-refractivity contribution < 1.29 is 9.53 Å². The van der Waals surface area contributed by atoms with Gasteiger partial charge in [0.25, 0.3) is 0 Å². The standard InChI is InChI=1S/C17H24BrClN2O2/c1-17(2,3)23-16(22)21-8-4-5-14(21)11-20-10-12-9-13(19)6-7-15(12)18/h6-7,9,14,20H,4-5,8,10-11H2,1-3H3. The number of ether oxygens (including phenoxy) is 1. The van der Waals surface area contributed by atoms with Crippen LogP contribution in [0.5, 0.6) is 0 Å². The van der Waals surface area contributed by atoms with Crippen LogP contribution in [0.3, 0.4) is 0 Å². The Labute approximate surface area is 151 Å². The molecule has 1 N–H and O–H groups in total. The van der Waals surface area contributed by atoms with Gasteiger partial charge in [-0.3, -0.25) is 0 Å². The first-order valence-electron chi connectivity index (χ1n) is 7.90. The van der Waals surface area contributed by atoms with Crippen molar-refractivity contribution in [1.29, 1.82) is 0 Å². The molecule has 1 unspecified atom stereocenters. The summed E-state index contributed by atoms with van der Waals surface area (Å²) in [6, 6.07) is 5.93. The number of carbonyl (C=O) groups excluding carboxylic acids is 1. The molecule has 2 rings (SSSR count). The first-order valence-corrected chi connectivity index (χ1v) is 9.07. The Bertz CT molecular complexity index is 560. The van der Waals surface area contributed by atoms with Gasteiger partial charge in [-0.15, -0.1) is 0 Å². The minimum absolute atomic E-state index is 0.183. The maximum Gasteiger partial charge on any atom is 0.410 e. The molecule has 0 bridgehead atoms. The molecule has 1 aliphatic rings. The highest BCUT2D eigenvalue weighted by atomic mass is 79.9. The number of hydrogen-bond donors (Lipinski definition) is 1. The van der Waals surface area contributed by atoms with Gasteiger partial charge in [-0.05, 0) is 57.4 Å². The van der Waals surface area contributed by atoms with Crippen molar-refractivity contribution >= 4 is 33.6 Å². The Morgan fingerprint density at radius 3 is 2.91 bits per heavy atom. The predicted molar refractivity (Wildman–Crippen MR) is 96.8 cm³/mol. The smallest absolute Gasteiger partial charge is 0.410 e. The van der Waals surface area contributed by atoms with E-state index in [1.807, 2.05) is 43.9 Å². The Morgan fingerprint density at radius 2 is 2.22 bits per heavy atom. The maximum absolute atomic E-state index is 12.3. The van der Waals surface area contributed by atoms with Crippen molar-refractivity contribution in [3.8, 4) is 0 Å². The second-order valence-electron chi connectivity index (χ2n) is 6.84. The summed E-state index contributed by atoms with van der Waals surface area (Å²) in [7, 11) is 0. The van der Waals surface area contributed by atoms with E-state index in [4.69, 9.17) is 16.3 Å². The molecule has 0 spiro atoms. The molecule has 1 saturated heterocycles. The number of amides is 1. The summed E-state index contributed by atoms with van der Waals surface area (Å²) in [4.78, 5) is 14.1. The molecule has 0 aromatic heterocycles. The van der Waals surface area contributed by atoms with Crippen LogP contribution >= 0.6 is 27.5 Å². The molecule has 1 heterocycles. The number of benzene rings is 1. The maximum atomic E-state index is 12.3. The van der Waals surface area contributed by atoms with E-state index in [0.717, 1.165) is 41.0 Å². The molecule has 6 heteroatoms. The van der Waals surface area contributed by atoms with Gasteiger partial charge in [0, 0.05) is 35.2 Å². The number of nitrogens with zero attached hydrogens (tertiary/aromatic N) is 1. The lowest BCUT2D eigenvalue weighted by Gasteiger charge is -2.28. The average molecular weight is 404 g/mol. The fraction of sp³-hybridized carbons (Fsp3) is 0.588. The van der Waals surface area contributed by atoms with Gasteiger partial charge in [-0.1, -0.05) is 27.5 Å². The van der Waals surface area contributed by atoms with Crippen LogP contribution in [0.4, 0.5) is 4.79 Å². The van der Waals surface area contributed by atoms with Crippen molar-refractivity contribution in [3.05, 3.63) is 33.3 Å². The zero-order chi connectivity index (χ0) is 17.0. The monoisotopic (exact) mass is 402 g/mol. The van der Waals surface area contributed by atoms with Crippen molar-refractivity contribution in [1.82, 2.24) is 10.2 Å². The fourth-order valence-corrected chi connectivity index (χ4v) is 3.24. The molecular formula is C17H24BrClN2O2. The van der Waals surface area contributed by atoms with Gasteiger partial charge in [0.15, 0.2) is 0 Å². The fourth-order valence-electron chi connectivity index (χ4n) is 2.66. The lowest BCUT2D eigenvalue weighted by Crippen LogP contribution is -2.44. The topological polar surface area (TPSA) is 41.6 Å². The molecule has 1 fully saturated rings. The molecule has 1 aromatic rings. The van der Waals surface area contributed by atoms with Crippen LogP contribution in [0.25, 0.3) is 0 Å². The van der Waals surface area contributed by atoms with Gasteiger partial charge in [0.05, 0.1) is 0 Å². The highest BCUT2D eigenvalue weighted by Gasteiger charge is 2.31. The van der Waals surface area contributed by atoms with Gasteiger partial charge >= 0.3 is 6.09 Å². The first-order chi connectivity index (χ1) is 10.8. The molecule has 4 nitrogen and oxygen atoms in total. The van der Waals surface area contributed by atoms with E-state index in [0.29, 0.717) is 6.54 Å². The highest BCUT2D eigenvalue weighted by Crippen LogP contribution is 2.22. The van der Waals surface area contributed by atoms with Crippen molar-refractivity contribution in [2.24, 2.45) is 0 Å². The van der Waals surface area contributed by atoms with Crippen LogP contribution in [0, 0.1) is 0 Å². The molecule has 0 radical (unpaired) electrons. The summed E-state index contributed by atoms with van der Waals surface area (Å²) in [6.45, 7) is 7.90. The molecule has 1 aliphatic heterocycles. The van der Waals surface area contributed by atoms with E-state index in [-0.39, 0.29) is 12.1 Å². The quantitative estimate of drug-likeness (QED) is 0.799. The largest absolute Gasteiger partial charge is 0.444 e. The van der Waals surface area contributed by atoms with Crippen LogP contribution < -0.4 is 5.32 Å². The summed E-state index contributed by atoms with van der Waals surface area (Å²) in [5, 5.41) is 4.14. The summed E-state index contributed by atoms with van der Waals surface area (Å²) in [6.07, 6.45) is 1.81. The molecule has 23 heavy (non-hydrogen) atoms. The van der Waals surface area contributed by atoms with Crippen LogP contribution in [0.2, 0.25) is 5.02 Å². The van der Waals surface area contributed by atoms with E-state index in [1.165, 1.54) is 0 Å². The second kappa shape index (κ2) is 7.86. The molecular weight excluding hydrogens is 380 g/mol. The van der Waals surface area contributed by atoms with Crippen LogP contribution in [0.1, 0.15) is 39.2 Å². The number of hydrogen-bond acceptors (Lipinski definition) is 3. The zero-order valence-electron chi connectivity index (χ0n) is 13.9. The minimum atomic E-state index is -0.455. The Kier molecular flexibility index (Phi) is 6.34. The molecule has 1 atom stereocenters. The van der Waals surface area contributed by atoms with Gasteiger partial charge in [0.1, 0.15) is 5.60 Å². The van der Waals surface area contributed by atoms with Crippen molar-refractivity contribution in [2.45, 2.75) is 51.8 Å². The highest BCUT2D eigenvalue weighted by molar-refractivity contribution is 9.10. The third-order valence-electron chi connectivity index (χ3n) is 3.71. The van der Waals surface area contributed by atoms with E-state index < -0.39 is 5.60 Å². The lowest BCUT2D eigenvalue weighted by molar-refractivity contribution is 0.0226. The Morgan fingerprint density at radius 1 is 1.48 bits per heavy atom. The zero-order valence-corrected chi connectivity index (χ0v) is 16.2. The van der Waals surface area contributed by atoms with Crippen LogP contribution in [0.15, 0.2) is 22.7 Å². The normalized spacial score (nSPS) is 18.3. The lowest BCUT2D eigenvalue weighted by atomic mass is 10.2. The number of nitrogens with one attached hydrogen (secondary N) is 1. The number of carbonyl (C=O) groups is 1. The van der Waals surface area contributed by atoms with Crippen molar-refractivity contribution in [2.75, 3.05) is 13.1 Å². The summed E-state index contributed by atoms with van der Waals surface area (Å²) in [5.41, 5.74) is 0.655. The van der Waals surface area contributed by atoms with Crippen LogP contribution in [-0.2, 0) is 11.3 Å².